The van der Waals surface area contributed by atoms with Gasteiger partial charge in [0.2, 0.25) is 5.95 Å². The van der Waals surface area contributed by atoms with E-state index in [1.165, 1.54) is 24.8 Å². The molecule has 8 nitrogen and oxygen atoms in total. The number of hydrogen-bond donors (Lipinski definition) is 2. The van der Waals surface area contributed by atoms with Crippen LogP contribution in [0.1, 0.15) is 24.8 Å². The topological polar surface area (TPSA) is 80.7 Å². The molecular weight excluding hydrogens is 414 g/mol. The Hall–Kier alpha value is -3.55. The van der Waals surface area contributed by atoms with E-state index in [4.69, 9.17) is 9.97 Å². The molecule has 4 heterocycles. The number of nitrogens with one attached hydrogen (secondary N) is 1. The molecule has 2 fully saturated rings. The summed E-state index contributed by atoms with van der Waals surface area (Å²) in [6.07, 6.45) is 5.40. The molecule has 0 unspecified atom stereocenters. The molecule has 5 rings (SSSR count). The molecule has 2 N–H and O–H groups in total. The van der Waals surface area contributed by atoms with Crippen LogP contribution in [0.2, 0.25) is 0 Å². The lowest BCUT2D eigenvalue weighted by atomic mass is 10.1. The van der Waals surface area contributed by atoms with Gasteiger partial charge < -0.3 is 25.1 Å². The van der Waals surface area contributed by atoms with Crippen molar-refractivity contribution in [2.75, 3.05) is 59.3 Å². The zero-order valence-electron chi connectivity index (χ0n) is 19.1. The number of piperidine rings is 1. The third-order valence-corrected chi connectivity index (χ3v) is 6.33. The van der Waals surface area contributed by atoms with Gasteiger partial charge >= 0.3 is 0 Å². The predicted molar refractivity (Wildman–Crippen MR) is 133 cm³/mol. The van der Waals surface area contributed by atoms with Gasteiger partial charge in [-0.2, -0.15) is 9.97 Å². The van der Waals surface area contributed by atoms with E-state index in [2.05, 4.69) is 62.3 Å². The van der Waals surface area contributed by atoms with Gasteiger partial charge in [-0.25, -0.2) is 4.98 Å². The molecule has 1 aromatic carbocycles. The maximum Gasteiger partial charge on any atom is 0.229 e. The number of pyridine rings is 1. The molecule has 2 aliphatic heterocycles. The van der Waals surface area contributed by atoms with Crippen LogP contribution in [0.5, 0.6) is 5.75 Å². The summed E-state index contributed by atoms with van der Waals surface area (Å²) in [5.74, 6) is 3.41. The number of nitrogens with zero attached hydrogens (tertiary/aromatic N) is 6. The summed E-state index contributed by atoms with van der Waals surface area (Å²) in [4.78, 5) is 20.9. The fourth-order valence-corrected chi connectivity index (χ4v) is 4.45. The van der Waals surface area contributed by atoms with E-state index >= 15 is 0 Å². The Morgan fingerprint density at radius 3 is 2.27 bits per heavy atom. The third kappa shape index (κ3) is 4.94. The highest BCUT2D eigenvalue weighted by Gasteiger charge is 2.23. The van der Waals surface area contributed by atoms with E-state index in [1.54, 1.807) is 18.3 Å². The van der Waals surface area contributed by atoms with Gasteiger partial charge in [0.15, 0.2) is 11.6 Å². The second kappa shape index (κ2) is 9.52. The van der Waals surface area contributed by atoms with Crippen molar-refractivity contribution in [3.63, 3.8) is 0 Å². The summed E-state index contributed by atoms with van der Waals surface area (Å²) in [6.45, 7) is 7.20. The Balaban J connectivity index is 1.37. The maximum atomic E-state index is 10.2. The van der Waals surface area contributed by atoms with Crippen LogP contribution in [0.15, 0.2) is 48.7 Å². The monoisotopic (exact) mass is 445 g/mol. The molecule has 8 heteroatoms. The molecule has 0 saturated carbocycles. The molecule has 172 valence electrons. The summed E-state index contributed by atoms with van der Waals surface area (Å²) in [6, 6.07) is 13.9. The van der Waals surface area contributed by atoms with Crippen LogP contribution in [0.25, 0.3) is 0 Å². The average molecular weight is 446 g/mol. The molecule has 33 heavy (non-hydrogen) atoms. The lowest BCUT2D eigenvalue weighted by Gasteiger charge is -2.36. The average Bonchev–Trinajstić information content (AvgIpc) is 2.86. The first-order valence-electron chi connectivity index (χ1n) is 11.8. The molecule has 0 amide bonds. The van der Waals surface area contributed by atoms with Crippen molar-refractivity contribution in [3.8, 4) is 5.75 Å². The molecule has 0 atom stereocenters. The molecular formula is C25H31N7O. The number of benzene rings is 1. The van der Waals surface area contributed by atoms with Crippen molar-refractivity contribution < 1.29 is 5.11 Å². The van der Waals surface area contributed by atoms with Gasteiger partial charge in [-0.15, -0.1) is 0 Å². The Labute approximate surface area is 194 Å². The number of aromatic hydroxyl groups is 1. The van der Waals surface area contributed by atoms with Crippen molar-refractivity contribution >= 4 is 29.1 Å². The van der Waals surface area contributed by atoms with Gasteiger partial charge in [0.1, 0.15) is 11.6 Å². The molecule has 2 saturated heterocycles. The van der Waals surface area contributed by atoms with Gasteiger partial charge in [0, 0.05) is 57.2 Å². The fourth-order valence-electron chi connectivity index (χ4n) is 4.45. The quantitative estimate of drug-likeness (QED) is 0.611. The van der Waals surface area contributed by atoms with Crippen molar-refractivity contribution in [1.29, 1.82) is 0 Å². The van der Waals surface area contributed by atoms with Crippen molar-refractivity contribution in [2.24, 2.45) is 0 Å². The van der Waals surface area contributed by atoms with Crippen molar-refractivity contribution in [1.82, 2.24) is 15.0 Å². The highest BCUT2D eigenvalue weighted by atomic mass is 16.3. The third-order valence-electron chi connectivity index (χ3n) is 6.33. The van der Waals surface area contributed by atoms with Crippen LogP contribution in [0.3, 0.4) is 0 Å². The zero-order valence-corrected chi connectivity index (χ0v) is 19.1. The highest BCUT2D eigenvalue weighted by molar-refractivity contribution is 5.62. The Kier molecular flexibility index (Phi) is 6.15. The second-order valence-corrected chi connectivity index (χ2v) is 8.77. The van der Waals surface area contributed by atoms with E-state index in [0.717, 1.165) is 62.5 Å². The number of aryl methyl sites for hydroxylation is 1. The normalized spacial score (nSPS) is 16.7. The smallest absolute Gasteiger partial charge is 0.229 e. The highest BCUT2D eigenvalue weighted by Crippen LogP contribution is 2.28. The Bertz CT molecular complexity index is 1070. The molecule has 3 aromatic rings. The van der Waals surface area contributed by atoms with Crippen LogP contribution in [0, 0.1) is 6.92 Å². The molecule has 0 bridgehead atoms. The first-order chi connectivity index (χ1) is 16.2. The van der Waals surface area contributed by atoms with Crippen LogP contribution >= 0.6 is 0 Å². The summed E-state index contributed by atoms with van der Waals surface area (Å²) < 4.78 is 0. The lowest BCUT2D eigenvalue weighted by Crippen LogP contribution is -2.47. The summed E-state index contributed by atoms with van der Waals surface area (Å²) >= 11 is 0. The summed E-state index contributed by atoms with van der Waals surface area (Å²) in [5.41, 5.74) is 2.25. The standard InChI is InChI=1S/C25H31N7O/c1-19-7-9-20(10-8-19)27-22-18-23(30-12-3-2-4-13-30)29-25(28-22)32-16-14-31(15-17-32)24-21(33)6-5-11-26-24/h5-11,18,33H,2-4,12-17H2,1H3,(H,27,28,29). The maximum absolute atomic E-state index is 10.2. The second-order valence-electron chi connectivity index (χ2n) is 8.77. The zero-order chi connectivity index (χ0) is 22.6. The number of rotatable bonds is 5. The van der Waals surface area contributed by atoms with Gasteiger partial charge in [-0.05, 0) is 50.5 Å². The number of anilines is 5. The van der Waals surface area contributed by atoms with E-state index in [1.807, 2.05) is 0 Å². The molecule has 2 aromatic heterocycles. The number of piperazine rings is 1. The van der Waals surface area contributed by atoms with E-state index in [0.29, 0.717) is 5.82 Å². The minimum absolute atomic E-state index is 0.221. The van der Waals surface area contributed by atoms with E-state index in [9.17, 15) is 5.11 Å². The van der Waals surface area contributed by atoms with Gasteiger partial charge in [-0.3, -0.25) is 0 Å². The summed E-state index contributed by atoms with van der Waals surface area (Å²) in [5, 5.41) is 13.6. The molecule has 2 aliphatic rings. The summed E-state index contributed by atoms with van der Waals surface area (Å²) in [7, 11) is 0. The lowest BCUT2D eigenvalue weighted by molar-refractivity contribution is 0.469. The SMILES string of the molecule is Cc1ccc(Nc2cc(N3CCCCC3)nc(N3CCN(c4ncccc4O)CC3)n2)cc1. The molecule has 0 radical (unpaired) electrons. The fraction of sp³-hybridized carbons (Fsp3) is 0.400. The predicted octanol–water partition coefficient (Wildman–Crippen LogP) is 3.95. The van der Waals surface area contributed by atoms with E-state index < -0.39 is 0 Å². The Morgan fingerprint density at radius 2 is 1.55 bits per heavy atom. The van der Waals surface area contributed by atoms with Crippen LogP contribution < -0.4 is 20.0 Å². The van der Waals surface area contributed by atoms with Crippen molar-refractivity contribution in [2.45, 2.75) is 26.2 Å². The number of hydrogen-bond acceptors (Lipinski definition) is 8. The molecule has 0 aliphatic carbocycles. The van der Waals surface area contributed by atoms with Crippen LogP contribution in [-0.4, -0.2) is 59.3 Å². The minimum atomic E-state index is 0.221. The first-order valence-corrected chi connectivity index (χ1v) is 11.8. The van der Waals surface area contributed by atoms with Gasteiger partial charge in [0.25, 0.3) is 0 Å². The number of aromatic nitrogens is 3. The minimum Gasteiger partial charge on any atom is -0.504 e. The molecule has 0 spiro atoms. The van der Waals surface area contributed by atoms with Gasteiger partial charge in [0.05, 0.1) is 0 Å². The van der Waals surface area contributed by atoms with E-state index in [-0.39, 0.29) is 5.75 Å². The first kappa shape index (κ1) is 21.3. The van der Waals surface area contributed by atoms with Gasteiger partial charge in [-0.1, -0.05) is 17.7 Å². The van der Waals surface area contributed by atoms with Crippen molar-refractivity contribution in [3.05, 3.63) is 54.2 Å². The van der Waals surface area contributed by atoms with Crippen LogP contribution in [-0.2, 0) is 0 Å². The van der Waals surface area contributed by atoms with Crippen LogP contribution in [0.4, 0.5) is 29.1 Å². The Morgan fingerprint density at radius 1 is 0.818 bits per heavy atom. The largest absolute Gasteiger partial charge is 0.504 e.